The summed E-state index contributed by atoms with van der Waals surface area (Å²) in [6.45, 7) is 14.5. The summed E-state index contributed by atoms with van der Waals surface area (Å²) >= 11 is 0. The minimum atomic E-state index is -0.426. The van der Waals surface area contributed by atoms with Crippen molar-refractivity contribution in [3.63, 3.8) is 0 Å². The first kappa shape index (κ1) is 27.9. The Balaban J connectivity index is 1.80. The predicted molar refractivity (Wildman–Crippen MR) is 133 cm³/mol. The highest BCUT2D eigenvalue weighted by Crippen LogP contribution is 2.36. The van der Waals surface area contributed by atoms with Crippen LogP contribution in [0.15, 0.2) is 54.6 Å². The molecule has 0 aliphatic heterocycles. The van der Waals surface area contributed by atoms with E-state index in [0.29, 0.717) is 37.6 Å². The van der Waals surface area contributed by atoms with E-state index in [1.807, 2.05) is 37.3 Å². The van der Waals surface area contributed by atoms with Crippen LogP contribution >= 0.6 is 0 Å². The first-order valence-corrected chi connectivity index (χ1v) is 11.4. The lowest BCUT2D eigenvalue weighted by Gasteiger charge is -2.16. The van der Waals surface area contributed by atoms with Gasteiger partial charge in [0, 0.05) is 21.9 Å². The van der Waals surface area contributed by atoms with Crippen molar-refractivity contribution in [2.75, 3.05) is 52.9 Å². The summed E-state index contributed by atoms with van der Waals surface area (Å²) in [4.78, 5) is 22.7. The fourth-order valence-corrected chi connectivity index (χ4v) is 3.01. The molecule has 2 rings (SSSR count). The Bertz CT molecular complexity index is 1030. The molecule has 0 fully saturated rings. The molecule has 0 radical (unpaired) electrons. The zero-order chi connectivity index (χ0) is 25.6. The van der Waals surface area contributed by atoms with Gasteiger partial charge < -0.3 is 28.4 Å². The average Bonchev–Trinajstić information content (AvgIpc) is 2.83. The maximum absolute atomic E-state index is 11.3. The molecule has 0 spiro atoms. The molecule has 0 saturated carbocycles. The van der Waals surface area contributed by atoms with E-state index < -0.39 is 11.9 Å². The third kappa shape index (κ3) is 9.42. The molecule has 35 heavy (non-hydrogen) atoms. The van der Waals surface area contributed by atoms with Crippen LogP contribution in [0, 0.1) is 6.92 Å². The molecule has 0 N–H and O–H groups in total. The number of aryl methyl sites for hydroxylation is 1. The number of hydrogen-bond acceptors (Lipinski definition) is 8. The van der Waals surface area contributed by atoms with Gasteiger partial charge in [-0.15, -0.1) is 0 Å². The van der Waals surface area contributed by atoms with Crippen molar-refractivity contribution in [1.29, 1.82) is 0 Å². The Morgan fingerprint density at radius 2 is 1.20 bits per heavy atom. The Hall–Kier alpha value is -3.36. The van der Waals surface area contributed by atoms with Gasteiger partial charge in [-0.1, -0.05) is 37.4 Å². The molecule has 8 nitrogen and oxygen atoms in total. The van der Waals surface area contributed by atoms with Crippen molar-refractivity contribution in [2.24, 2.45) is 0 Å². The van der Waals surface area contributed by atoms with Crippen LogP contribution in [0.3, 0.4) is 0 Å². The van der Waals surface area contributed by atoms with Gasteiger partial charge in [0.15, 0.2) is 0 Å². The van der Waals surface area contributed by atoms with Crippen LogP contribution in [-0.2, 0) is 28.5 Å². The average molecular weight is 487 g/mol. The second kappa shape index (κ2) is 14.8. The Kier molecular flexibility index (Phi) is 11.8. The highest BCUT2D eigenvalue weighted by Gasteiger charge is 2.12. The number of fused-ring (bicyclic) bond motifs is 1. The minimum Gasteiger partial charge on any atom is -0.491 e. The van der Waals surface area contributed by atoms with Crippen molar-refractivity contribution in [3.8, 4) is 11.5 Å². The molecule has 0 amide bonds. The molecule has 0 aliphatic rings. The highest BCUT2D eigenvalue weighted by molar-refractivity contribution is 5.94. The maximum atomic E-state index is 11.3. The van der Waals surface area contributed by atoms with Gasteiger partial charge >= 0.3 is 11.9 Å². The Labute approximate surface area is 206 Å². The first-order chi connectivity index (χ1) is 16.8. The van der Waals surface area contributed by atoms with Crippen LogP contribution in [0.25, 0.3) is 10.8 Å². The lowest BCUT2D eigenvalue weighted by molar-refractivity contribution is -0.141. The first-order valence-electron chi connectivity index (χ1n) is 11.4. The smallest absolute Gasteiger partial charge is 0.333 e. The molecule has 2 aromatic rings. The quantitative estimate of drug-likeness (QED) is 0.198. The molecule has 190 valence electrons. The molecular weight excluding hydrogens is 452 g/mol. The zero-order valence-corrected chi connectivity index (χ0v) is 20.7. The molecule has 0 unspecified atom stereocenters. The van der Waals surface area contributed by atoms with Gasteiger partial charge in [0.25, 0.3) is 0 Å². The SMILES string of the molecule is C=C(C)C(=O)OCCOCCOc1cc(C)c(OCCOCCOC(=O)C(=C)C)c2ccccc12. The standard InChI is InChI=1S/C27H34O8/c1-19(2)26(28)34-16-12-30-10-14-32-24-18-21(5)25(23-9-7-6-8-22(23)24)33-15-11-31-13-17-35-27(29)20(3)4/h6-9,18H,1,3,10-17H2,2,4-5H3. The molecular formula is C27H34O8. The molecule has 0 saturated heterocycles. The van der Waals surface area contributed by atoms with E-state index in [2.05, 4.69) is 13.2 Å². The van der Waals surface area contributed by atoms with E-state index in [9.17, 15) is 9.59 Å². The number of carbonyl (C=O) groups excluding carboxylic acids is 2. The Morgan fingerprint density at radius 3 is 1.74 bits per heavy atom. The van der Waals surface area contributed by atoms with Crippen molar-refractivity contribution < 1.29 is 38.0 Å². The van der Waals surface area contributed by atoms with Crippen LogP contribution in [0.2, 0.25) is 0 Å². The van der Waals surface area contributed by atoms with Crippen LogP contribution in [0.5, 0.6) is 11.5 Å². The van der Waals surface area contributed by atoms with Crippen LogP contribution in [-0.4, -0.2) is 64.8 Å². The fourth-order valence-electron chi connectivity index (χ4n) is 3.01. The number of esters is 2. The van der Waals surface area contributed by atoms with Gasteiger partial charge in [0.2, 0.25) is 0 Å². The highest BCUT2D eigenvalue weighted by atomic mass is 16.6. The summed E-state index contributed by atoms with van der Waals surface area (Å²) < 4.78 is 32.9. The zero-order valence-electron chi connectivity index (χ0n) is 20.7. The Morgan fingerprint density at radius 1 is 0.714 bits per heavy atom. The number of hydrogen-bond donors (Lipinski definition) is 0. The molecule has 0 atom stereocenters. The normalized spacial score (nSPS) is 10.6. The minimum absolute atomic E-state index is 0.170. The van der Waals surface area contributed by atoms with Gasteiger partial charge in [-0.3, -0.25) is 0 Å². The largest absolute Gasteiger partial charge is 0.491 e. The van der Waals surface area contributed by atoms with Crippen LogP contribution in [0.4, 0.5) is 0 Å². The second-order valence-corrected chi connectivity index (χ2v) is 7.82. The summed E-state index contributed by atoms with van der Waals surface area (Å²) in [5.41, 5.74) is 1.65. The van der Waals surface area contributed by atoms with Gasteiger partial charge in [-0.2, -0.15) is 0 Å². The lowest BCUT2D eigenvalue weighted by atomic mass is 10.0. The molecule has 0 aromatic heterocycles. The number of rotatable bonds is 16. The van der Waals surface area contributed by atoms with Gasteiger partial charge in [-0.05, 0) is 32.4 Å². The summed E-state index contributed by atoms with van der Waals surface area (Å²) in [7, 11) is 0. The summed E-state index contributed by atoms with van der Waals surface area (Å²) in [6.07, 6.45) is 0. The molecule has 2 aromatic carbocycles. The molecule has 0 bridgehead atoms. The van der Waals surface area contributed by atoms with E-state index in [4.69, 9.17) is 28.4 Å². The fraction of sp³-hybridized carbons (Fsp3) is 0.407. The van der Waals surface area contributed by atoms with Gasteiger partial charge in [0.05, 0.1) is 26.4 Å². The van der Waals surface area contributed by atoms with E-state index in [0.717, 1.165) is 27.8 Å². The van der Waals surface area contributed by atoms with Gasteiger partial charge in [-0.25, -0.2) is 9.59 Å². The van der Waals surface area contributed by atoms with Gasteiger partial charge in [0.1, 0.15) is 37.9 Å². The third-order valence-electron chi connectivity index (χ3n) is 4.72. The topological polar surface area (TPSA) is 89.5 Å². The van der Waals surface area contributed by atoms with Crippen LogP contribution in [0.1, 0.15) is 19.4 Å². The summed E-state index contributed by atoms with van der Waals surface area (Å²) in [5.74, 6) is 0.647. The van der Waals surface area contributed by atoms with E-state index in [1.54, 1.807) is 13.8 Å². The van der Waals surface area contributed by atoms with Crippen molar-refractivity contribution >= 4 is 22.7 Å². The number of benzene rings is 2. The van der Waals surface area contributed by atoms with Crippen molar-refractivity contribution in [3.05, 3.63) is 60.2 Å². The predicted octanol–water partition coefficient (Wildman–Crippen LogP) is 4.18. The van der Waals surface area contributed by atoms with Crippen molar-refractivity contribution in [2.45, 2.75) is 20.8 Å². The van der Waals surface area contributed by atoms with Crippen LogP contribution < -0.4 is 9.47 Å². The van der Waals surface area contributed by atoms with E-state index in [-0.39, 0.29) is 26.4 Å². The van der Waals surface area contributed by atoms with E-state index in [1.165, 1.54) is 0 Å². The second-order valence-electron chi connectivity index (χ2n) is 7.82. The lowest BCUT2D eigenvalue weighted by Crippen LogP contribution is -2.14. The molecule has 0 heterocycles. The molecule has 0 aliphatic carbocycles. The summed E-state index contributed by atoms with van der Waals surface area (Å²) in [5, 5.41) is 1.86. The third-order valence-corrected chi connectivity index (χ3v) is 4.72. The maximum Gasteiger partial charge on any atom is 0.333 e. The summed E-state index contributed by atoms with van der Waals surface area (Å²) in [6, 6.07) is 9.77. The number of ether oxygens (including phenoxy) is 6. The number of carbonyl (C=O) groups is 2. The monoisotopic (exact) mass is 486 g/mol. The molecule has 8 heteroatoms. The van der Waals surface area contributed by atoms with Crippen molar-refractivity contribution in [1.82, 2.24) is 0 Å². The van der Waals surface area contributed by atoms with E-state index >= 15 is 0 Å².